The van der Waals surface area contributed by atoms with Crippen molar-refractivity contribution in [3.8, 4) is 0 Å². The minimum absolute atomic E-state index is 0.0494. The summed E-state index contributed by atoms with van der Waals surface area (Å²) in [6.07, 6.45) is 6.33. The number of carbonyl (C=O) groups is 2. The fourth-order valence-corrected chi connectivity index (χ4v) is 3.51. The summed E-state index contributed by atoms with van der Waals surface area (Å²) in [5.41, 5.74) is 1.17. The molecule has 3 rings (SSSR count). The van der Waals surface area contributed by atoms with E-state index >= 15 is 0 Å². The minimum atomic E-state index is -0.0881. The average Bonchev–Trinajstić information content (AvgIpc) is 2.82. The molecule has 6 heteroatoms. The van der Waals surface area contributed by atoms with Crippen LogP contribution in [-0.4, -0.2) is 59.0 Å². The molecule has 0 spiro atoms. The van der Waals surface area contributed by atoms with Crippen molar-refractivity contribution < 1.29 is 14.3 Å². The third-order valence-corrected chi connectivity index (χ3v) is 4.81. The van der Waals surface area contributed by atoms with Gasteiger partial charge in [0, 0.05) is 32.0 Å². The van der Waals surface area contributed by atoms with Crippen molar-refractivity contribution in [3.63, 3.8) is 0 Å². The maximum atomic E-state index is 12.9. The molecule has 6 nitrogen and oxygen atoms in total. The van der Waals surface area contributed by atoms with Gasteiger partial charge in [0.25, 0.3) is 0 Å². The highest BCUT2D eigenvalue weighted by atomic mass is 16.5. The lowest BCUT2D eigenvalue weighted by molar-refractivity contribution is -0.149. The fraction of sp³-hybridized carbons (Fsp3) is 0.647. The summed E-state index contributed by atoms with van der Waals surface area (Å²) in [7, 11) is 2.02. The Bertz CT molecular complexity index is 569. The molecule has 23 heavy (non-hydrogen) atoms. The molecule has 2 saturated heterocycles. The lowest BCUT2D eigenvalue weighted by Crippen LogP contribution is -2.48. The zero-order valence-corrected chi connectivity index (χ0v) is 13.7. The number of aryl methyl sites for hydroxylation is 1. The van der Waals surface area contributed by atoms with Gasteiger partial charge in [-0.05, 0) is 25.0 Å². The van der Waals surface area contributed by atoms with Gasteiger partial charge in [0.15, 0.2) is 0 Å². The number of rotatable bonds is 3. The first-order chi connectivity index (χ1) is 11.2. The van der Waals surface area contributed by atoms with E-state index in [0.29, 0.717) is 13.2 Å². The van der Waals surface area contributed by atoms with E-state index in [1.807, 2.05) is 24.2 Å². The van der Waals surface area contributed by atoms with Gasteiger partial charge in [-0.3, -0.25) is 9.59 Å². The number of hydrogen-bond acceptors (Lipinski definition) is 3. The molecule has 0 radical (unpaired) electrons. The molecular weight excluding hydrogens is 294 g/mol. The first-order valence-corrected chi connectivity index (χ1v) is 8.43. The molecule has 3 heterocycles. The number of nitrogens with zero attached hydrogens (tertiary/aromatic N) is 3. The van der Waals surface area contributed by atoms with E-state index in [4.69, 9.17) is 4.74 Å². The van der Waals surface area contributed by atoms with Crippen LogP contribution in [-0.2, 0) is 21.4 Å². The number of likely N-dealkylation sites (tertiary alicyclic amines) is 1. The van der Waals surface area contributed by atoms with Gasteiger partial charge in [0.2, 0.25) is 11.8 Å². The fourth-order valence-electron chi connectivity index (χ4n) is 3.51. The molecule has 126 valence electrons. The molecule has 0 saturated carbocycles. The van der Waals surface area contributed by atoms with E-state index < -0.39 is 0 Å². The smallest absolute Gasteiger partial charge is 0.249 e. The van der Waals surface area contributed by atoms with E-state index in [2.05, 4.69) is 10.6 Å². The van der Waals surface area contributed by atoms with Gasteiger partial charge in [0.1, 0.15) is 6.61 Å². The second-order valence-corrected chi connectivity index (χ2v) is 6.36. The van der Waals surface area contributed by atoms with E-state index in [9.17, 15) is 9.59 Å². The van der Waals surface area contributed by atoms with Gasteiger partial charge < -0.3 is 19.1 Å². The predicted molar refractivity (Wildman–Crippen MR) is 85.7 cm³/mol. The van der Waals surface area contributed by atoms with Crippen molar-refractivity contribution in [3.05, 3.63) is 24.0 Å². The van der Waals surface area contributed by atoms with Crippen LogP contribution in [0.1, 0.15) is 37.4 Å². The third kappa shape index (κ3) is 3.58. The molecule has 1 aromatic rings. The van der Waals surface area contributed by atoms with Crippen molar-refractivity contribution in [2.45, 2.75) is 31.7 Å². The van der Waals surface area contributed by atoms with Crippen LogP contribution in [0.3, 0.4) is 0 Å². The van der Waals surface area contributed by atoms with Gasteiger partial charge in [-0.15, -0.1) is 0 Å². The highest BCUT2D eigenvalue weighted by molar-refractivity contribution is 5.86. The molecule has 0 unspecified atom stereocenters. The summed E-state index contributed by atoms with van der Waals surface area (Å²) in [5, 5.41) is 0. The summed E-state index contributed by atoms with van der Waals surface area (Å²) >= 11 is 0. The normalized spacial score (nSPS) is 23.0. The standard InChI is InChI=1S/C17H25N3O3/c1-18-8-5-7-14(18)15-6-3-2-4-9-20(15)16(21)12-19-10-11-23-13-17(19)22/h5,7-8,15H,2-4,6,9-13H2,1H3/t15-/m1/s1. The Morgan fingerprint density at radius 3 is 2.91 bits per heavy atom. The topological polar surface area (TPSA) is 54.8 Å². The monoisotopic (exact) mass is 319 g/mol. The Kier molecular flexibility index (Phi) is 5.00. The lowest BCUT2D eigenvalue weighted by Gasteiger charge is -2.34. The zero-order chi connectivity index (χ0) is 16.2. The maximum Gasteiger partial charge on any atom is 0.249 e. The molecule has 0 bridgehead atoms. The van der Waals surface area contributed by atoms with Crippen molar-refractivity contribution in [2.75, 3.05) is 32.8 Å². The SMILES string of the molecule is Cn1cccc1[C@H]1CCCCCN1C(=O)CN1CCOCC1=O. The van der Waals surface area contributed by atoms with Crippen molar-refractivity contribution in [1.29, 1.82) is 0 Å². The third-order valence-electron chi connectivity index (χ3n) is 4.81. The molecule has 0 aromatic carbocycles. The molecule has 2 aliphatic heterocycles. The van der Waals surface area contributed by atoms with Gasteiger partial charge in [-0.1, -0.05) is 12.8 Å². The molecule has 2 amide bonds. The summed E-state index contributed by atoms with van der Waals surface area (Å²) in [4.78, 5) is 28.3. The largest absolute Gasteiger partial charge is 0.370 e. The Hall–Kier alpha value is -1.82. The summed E-state index contributed by atoms with van der Waals surface area (Å²) in [6, 6.07) is 4.23. The molecule has 1 aromatic heterocycles. The van der Waals surface area contributed by atoms with Crippen molar-refractivity contribution in [2.24, 2.45) is 7.05 Å². The number of morpholine rings is 1. The van der Waals surface area contributed by atoms with Gasteiger partial charge >= 0.3 is 0 Å². The molecule has 2 fully saturated rings. The Morgan fingerprint density at radius 1 is 1.30 bits per heavy atom. The van der Waals surface area contributed by atoms with Gasteiger partial charge in [-0.2, -0.15) is 0 Å². The molecule has 0 N–H and O–H groups in total. The summed E-state index contributed by atoms with van der Waals surface area (Å²) in [5.74, 6) is -0.0387. The van der Waals surface area contributed by atoms with Crippen LogP contribution >= 0.6 is 0 Å². The van der Waals surface area contributed by atoms with E-state index in [1.54, 1.807) is 4.90 Å². The number of hydrogen-bond donors (Lipinski definition) is 0. The zero-order valence-electron chi connectivity index (χ0n) is 13.7. The van der Waals surface area contributed by atoms with E-state index in [1.165, 1.54) is 5.69 Å². The van der Waals surface area contributed by atoms with Crippen molar-refractivity contribution in [1.82, 2.24) is 14.4 Å². The van der Waals surface area contributed by atoms with Crippen LogP contribution in [0.4, 0.5) is 0 Å². The minimum Gasteiger partial charge on any atom is -0.370 e. The van der Waals surface area contributed by atoms with Crippen LogP contribution in [0.15, 0.2) is 18.3 Å². The first-order valence-electron chi connectivity index (χ1n) is 8.43. The molecular formula is C17H25N3O3. The highest BCUT2D eigenvalue weighted by Gasteiger charge is 2.30. The number of amides is 2. The molecule has 0 aliphatic carbocycles. The van der Waals surface area contributed by atoms with E-state index in [-0.39, 0.29) is 31.0 Å². The van der Waals surface area contributed by atoms with Gasteiger partial charge in [-0.25, -0.2) is 0 Å². The second kappa shape index (κ2) is 7.17. The number of ether oxygens (including phenoxy) is 1. The van der Waals surface area contributed by atoms with E-state index in [0.717, 1.165) is 32.2 Å². The summed E-state index contributed by atoms with van der Waals surface area (Å²) < 4.78 is 7.23. The Balaban J connectivity index is 1.75. The Labute approximate surface area is 137 Å². The van der Waals surface area contributed by atoms with Crippen LogP contribution in [0, 0.1) is 0 Å². The summed E-state index contributed by atoms with van der Waals surface area (Å²) in [6.45, 7) is 2.05. The van der Waals surface area contributed by atoms with Gasteiger partial charge in [0.05, 0.1) is 19.2 Å². The number of carbonyl (C=O) groups excluding carboxylic acids is 2. The average molecular weight is 319 g/mol. The quantitative estimate of drug-likeness (QED) is 0.844. The molecule has 1 atom stereocenters. The molecule has 2 aliphatic rings. The van der Waals surface area contributed by atoms with Crippen LogP contribution < -0.4 is 0 Å². The Morgan fingerprint density at radius 2 is 2.17 bits per heavy atom. The van der Waals surface area contributed by atoms with Crippen LogP contribution in [0.2, 0.25) is 0 Å². The maximum absolute atomic E-state index is 12.9. The van der Waals surface area contributed by atoms with Crippen molar-refractivity contribution >= 4 is 11.8 Å². The van der Waals surface area contributed by atoms with Crippen LogP contribution in [0.25, 0.3) is 0 Å². The predicted octanol–water partition coefficient (Wildman–Crippen LogP) is 1.33. The second-order valence-electron chi connectivity index (χ2n) is 6.36. The lowest BCUT2D eigenvalue weighted by atomic mass is 10.1. The highest BCUT2D eigenvalue weighted by Crippen LogP contribution is 2.30. The number of aromatic nitrogens is 1. The first kappa shape index (κ1) is 16.1. The van der Waals surface area contributed by atoms with Crippen LogP contribution in [0.5, 0.6) is 0 Å².